The molecule has 0 bridgehead atoms. The molecule has 1 aromatic carbocycles. The molecule has 0 aromatic heterocycles. The van der Waals surface area contributed by atoms with Crippen LogP contribution in [0.2, 0.25) is 0 Å². The van der Waals surface area contributed by atoms with Crippen LogP contribution in [0.1, 0.15) is 49.9 Å². The van der Waals surface area contributed by atoms with E-state index in [1.165, 1.54) is 0 Å². The largest absolute Gasteiger partial charge is 0.493 e. The van der Waals surface area contributed by atoms with Gasteiger partial charge in [-0.05, 0) is 24.1 Å². The maximum atomic E-state index is 12.2. The molecular formula is C17H26N2O3. The molecule has 1 aliphatic heterocycles. The van der Waals surface area contributed by atoms with Crippen molar-refractivity contribution >= 4 is 5.91 Å². The lowest BCUT2D eigenvalue weighted by Gasteiger charge is -2.28. The van der Waals surface area contributed by atoms with Gasteiger partial charge < -0.3 is 20.5 Å². The van der Waals surface area contributed by atoms with E-state index in [0.717, 1.165) is 29.7 Å². The van der Waals surface area contributed by atoms with E-state index in [9.17, 15) is 4.79 Å². The zero-order chi connectivity index (χ0) is 16.1. The first kappa shape index (κ1) is 16.8. The van der Waals surface area contributed by atoms with Crippen LogP contribution < -0.4 is 15.8 Å². The first-order valence-electron chi connectivity index (χ1n) is 7.88. The minimum atomic E-state index is -0.178. The molecule has 1 amide bonds. The van der Waals surface area contributed by atoms with Crippen molar-refractivity contribution in [1.29, 1.82) is 0 Å². The molecule has 1 aromatic rings. The Morgan fingerprint density at radius 2 is 2.32 bits per heavy atom. The Labute approximate surface area is 132 Å². The molecule has 0 saturated carbocycles. The third-order valence-electron chi connectivity index (χ3n) is 4.22. The minimum absolute atomic E-state index is 0.0139. The van der Waals surface area contributed by atoms with Gasteiger partial charge in [-0.1, -0.05) is 19.9 Å². The van der Waals surface area contributed by atoms with Crippen LogP contribution in [0.15, 0.2) is 18.2 Å². The SMILES string of the molecule is CCC(C)C(=O)NC1CCOc2ccc(C(N)COC)cc21. The number of hydrogen-bond acceptors (Lipinski definition) is 4. The second-order valence-electron chi connectivity index (χ2n) is 5.87. The molecule has 0 spiro atoms. The van der Waals surface area contributed by atoms with E-state index in [-0.39, 0.29) is 23.9 Å². The van der Waals surface area contributed by atoms with Gasteiger partial charge in [-0.15, -0.1) is 0 Å². The Bertz CT molecular complexity index is 519. The average molecular weight is 306 g/mol. The van der Waals surface area contributed by atoms with Crippen molar-refractivity contribution in [3.63, 3.8) is 0 Å². The summed E-state index contributed by atoms with van der Waals surface area (Å²) in [5.74, 6) is 0.936. The van der Waals surface area contributed by atoms with Gasteiger partial charge in [-0.2, -0.15) is 0 Å². The normalized spacial score (nSPS) is 19.7. The summed E-state index contributed by atoms with van der Waals surface area (Å²) < 4.78 is 10.8. The summed E-state index contributed by atoms with van der Waals surface area (Å²) in [6.45, 7) is 5.04. The standard InChI is InChI=1S/C17H26N2O3/c1-4-11(2)17(20)19-15-7-8-22-16-6-5-12(9-13(15)16)14(18)10-21-3/h5-6,9,11,14-15H,4,7-8,10,18H2,1-3H3,(H,19,20). The Morgan fingerprint density at radius 1 is 1.55 bits per heavy atom. The van der Waals surface area contributed by atoms with Gasteiger partial charge in [0, 0.05) is 25.0 Å². The summed E-state index contributed by atoms with van der Waals surface area (Å²) in [7, 11) is 1.64. The predicted octanol–water partition coefficient (Wildman–Crippen LogP) is 2.32. The second kappa shape index (κ2) is 7.61. The molecule has 22 heavy (non-hydrogen) atoms. The van der Waals surface area contributed by atoms with E-state index >= 15 is 0 Å². The van der Waals surface area contributed by atoms with Gasteiger partial charge in [0.2, 0.25) is 5.91 Å². The van der Waals surface area contributed by atoms with Crippen molar-refractivity contribution < 1.29 is 14.3 Å². The van der Waals surface area contributed by atoms with Crippen molar-refractivity contribution in [3.05, 3.63) is 29.3 Å². The van der Waals surface area contributed by atoms with Crippen molar-refractivity contribution in [3.8, 4) is 5.75 Å². The van der Waals surface area contributed by atoms with E-state index in [1.807, 2.05) is 32.0 Å². The topological polar surface area (TPSA) is 73.6 Å². The number of methoxy groups -OCH3 is 1. The summed E-state index contributed by atoms with van der Waals surface area (Å²) >= 11 is 0. The molecule has 5 heteroatoms. The quantitative estimate of drug-likeness (QED) is 0.846. The number of nitrogens with two attached hydrogens (primary N) is 1. The van der Waals surface area contributed by atoms with Crippen molar-refractivity contribution in [1.82, 2.24) is 5.32 Å². The highest BCUT2D eigenvalue weighted by molar-refractivity contribution is 5.78. The number of ether oxygens (including phenoxy) is 2. The van der Waals surface area contributed by atoms with E-state index < -0.39 is 0 Å². The molecule has 3 atom stereocenters. The van der Waals surface area contributed by atoms with Crippen molar-refractivity contribution in [2.45, 2.75) is 38.8 Å². The Balaban J connectivity index is 2.20. The monoisotopic (exact) mass is 306 g/mol. The van der Waals surface area contributed by atoms with Crippen LogP contribution in [0.5, 0.6) is 5.75 Å². The van der Waals surface area contributed by atoms with E-state index in [0.29, 0.717) is 13.2 Å². The number of hydrogen-bond donors (Lipinski definition) is 2. The van der Waals surface area contributed by atoms with Gasteiger partial charge in [0.15, 0.2) is 0 Å². The molecule has 2 rings (SSSR count). The van der Waals surface area contributed by atoms with E-state index in [1.54, 1.807) is 7.11 Å². The van der Waals surface area contributed by atoms with Gasteiger partial charge in [-0.3, -0.25) is 4.79 Å². The van der Waals surface area contributed by atoms with Gasteiger partial charge >= 0.3 is 0 Å². The van der Waals surface area contributed by atoms with Gasteiger partial charge in [-0.25, -0.2) is 0 Å². The second-order valence-corrected chi connectivity index (χ2v) is 5.87. The Kier molecular flexibility index (Phi) is 5.80. The third-order valence-corrected chi connectivity index (χ3v) is 4.22. The maximum Gasteiger partial charge on any atom is 0.223 e. The summed E-state index contributed by atoms with van der Waals surface area (Å²) in [6, 6.07) is 5.73. The smallest absolute Gasteiger partial charge is 0.223 e. The van der Waals surface area contributed by atoms with Gasteiger partial charge in [0.05, 0.1) is 25.3 Å². The zero-order valence-electron chi connectivity index (χ0n) is 13.6. The summed E-state index contributed by atoms with van der Waals surface area (Å²) in [6.07, 6.45) is 1.61. The summed E-state index contributed by atoms with van der Waals surface area (Å²) in [5, 5.41) is 3.13. The van der Waals surface area contributed by atoms with E-state index in [2.05, 4.69) is 5.32 Å². The molecule has 3 unspecified atom stereocenters. The summed E-state index contributed by atoms with van der Waals surface area (Å²) in [4.78, 5) is 12.2. The van der Waals surface area contributed by atoms with Gasteiger partial charge in [0.1, 0.15) is 5.75 Å². The fourth-order valence-electron chi connectivity index (χ4n) is 2.57. The fraction of sp³-hybridized carbons (Fsp3) is 0.588. The first-order chi connectivity index (χ1) is 10.6. The number of rotatable bonds is 6. The van der Waals surface area contributed by atoms with E-state index in [4.69, 9.17) is 15.2 Å². The highest BCUT2D eigenvalue weighted by Crippen LogP contribution is 2.34. The molecule has 0 radical (unpaired) electrons. The lowest BCUT2D eigenvalue weighted by atomic mass is 9.95. The Morgan fingerprint density at radius 3 is 3.00 bits per heavy atom. The molecule has 0 aliphatic carbocycles. The fourth-order valence-corrected chi connectivity index (χ4v) is 2.57. The molecule has 1 aliphatic rings. The molecule has 1 heterocycles. The van der Waals surface area contributed by atoms with Crippen LogP contribution in [0, 0.1) is 5.92 Å². The van der Waals surface area contributed by atoms with Crippen LogP contribution in [0.3, 0.4) is 0 Å². The van der Waals surface area contributed by atoms with Crippen LogP contribution in [-0.2, 0) is 9.53 Å². The minimum Gasteiger partial charge on any atom is -0.493 e. The lowest BCUT2D eigenvalue weighted by molar-refractivity contribution is -0.125. The third kappa shape index (κ3) is 3.78. The molecule has 3 N–H and O–H groups in total. The van der Waals surface area contributed by atoms with Crippen molar-refractivity contribution in [2.75, 3.05) is 20.3 Å². The first-order valence-corrected chi connectivity index (χ1v) is 7.88. The van der Waals surface area contributed by atoms with Crippen LogP contribution >= 0.6 is 0 Å². The van der Waals surface area contributed by atoms with Crippen LogP contribution in [0.25, 0.3) is 0 Å². The van der Waals surface area contributed by atoms with Crippen LogP contribution in [0.4, 0.5) is 0 Å². The number of fused-ring (bicyclic) bond motifs is 1. The Hall–Kier alpha value is -1.59. The van der Waals surface area contributed by atoms with Gasteiger partial charge in [0.25, 0.3) is 0 Å². The molecule has 0 fully saturated rings. The molecule has 122 valence electrons. The highest BCUT2D eigenvalue weighted by Gasteiger charge is 2.25. The zero-order valence-corrected chi connectivity index (χ0v) is 13.6. The predicted molar refractivity (Wildman–Crippen MR) is 85.7 cm³/mol. The lowest BCUT2D eigenvalue weighted by Crippen LogP contribution is -2.35. The highest BCUT2D eigenvalue weighted by atomic mass is 16.5. The average Bonchev–Trinajstić information content (AvgIpc) is 2.54. The van der Waals surface area contributed by atoms with Crippen LogP contribution in [-0.4, -0.2) is 26.2 Å². The van der Waals surface area contributed by atoms with Crippen molar-refractivity contribution in [2.24, 2.45) is 11.7 Å². The number of carbonyl (C=O) groups excluding carboxylic acids is 1. The molecular weight excluding hydrogens is 280 g/mol. The number of nitrogens with one attached hydrogen (secondary N) is 1. The number of carbonyl (C=O) groups is 1. The molecule has 0 saturated heterocycles. The number of benzene rings is 1. The number of amides is 1. The molecule has 5 nitrogen and oxygen atoms in total. The maximum absolute atomic E-state index is 12.2. The summed E-state index contributed by atoms with van der Waals surface area (Å²) in [5.41, 5.74) is 8.10.